The number of aliphatic hydroxyl groups excluding tert-OH is 1. The van der Waals surface area contributed by atoms with Crippen LogP contribution >= 0.6 is 0 Å². The lowest BCUT2D eigenvalue weighted by molar-refractivity contribution is -0.155. The minimum Gasteiger partial charge on any atom is -0.466 e. The van der Waals surface area contributed by atoms with Gasteiger partial charge in [-0.25, -0.2) is 0 Å². The molecule has 3 aliphatic heterocycles. The molecule has 2 bridgehead atoms. The van der Waals surface area contributed by atoms with Crippen molar-refractivity contribution in [3.8, 4) is 0 Å². The van der Waals surface area contributed by atoms with Gasteiger partial charge in [-0.05, 0) is 31.7 Å². The molecule has 0 unspecified atom stereocenters. The number of benzene rings is 1. The van der Waals surface area contributed by atoms with Crippen molar-refractivity contribution in [1.82, 2.24) is 10.2 Å². The van der Waals surface area contributed by atoms with Gasteiger partial charge < -0.3 is 24.8 Å². The van der Waals surface area contributed by atoms with Crippen molar-refractivity contribution in [2.45, 2.75) is 63.4 Å². The van der Waals surface area contributed by atoms with E-state index in [4.69, 9.17) is 9.47 Å². The first kappa shape index (κ1) is 21.8. The van der Waals surface area contributed by atoms with Crippen LogP contribution in [0.15, 0.2) is 30.3 Å². The Balaban J connectivity index is 1.66. The van der Waals surface area contributed by atoms with Crippen LogP contribution in [0, 0.1) is 11.8 Å². The Morgan fingerprint density at radius 2 is 2.06 bits per heavy atom. The Bertz CT molecular complexity index is 842. The van der Waals surface area contributed by atoms with Gasteiger partial charge in [0.25, 0.3) is 0 Å². The van der Waals surface area contributed by atoms with E-state index in [1.807, 2.05) is 37.3 Å². The summed E-state index contributed by atoms with van der Waals surface area (Å²) in [4.78, 5) is 41.2. The fourth-order valence-electron chi connectivity index (χ4n) is 5.59. The maximum absolute atomic E-state index is 13.6. The molecule has 31 heavy (non-hydrogen) atoms. The molecule has 0 radical (unpaired) electrons. The highest BCUT2D eigenvalue weighted by molar-refractivity contribution is 5.98. The smallest absolute Gasteiger partial charge is 0.312 e. The molecule has 8 heteroatoms. The highest BCUT2D eigenvalue weighted by atomic mass is 16.6. The van der Waals surface area contributed by atoms with Crippen LogP contribution < -0.4 is 5.32 Å². The molecule has 2 N–H and O–H groups in total. The van der Waals surface area contributed by atoms with Gasteiger partial charge in [0.2, 0.25) is 11.8 Å². The van der Waals surface area contributed by atoms with E-state index in [9.17, 15) is 19.5 Å². The van der Waals surface area contributed by atoms with E-state index >= 15 is 0 Å². The summed E-state index contributed by atoms with van der Waals surface area (Å²) in [5.41, 5.74) is -0.126. The number of ether oxygens (including phenoxy) is 2. The lowest BCUT2D eigenvalue weighted by atomic mass is 9.71. The molecule has 0 aromatic heterocycles. The van der Waals surface area contributed by atoms with Crippen LogP contribution in [0.4, 0.5) is 0 Å². The second kappa shape index (κ2) is 8.59. The third-order valence-corrected chi connectivity index (χ3v) is 6.93. The van der Waals surface area contributed by atoms with Gasteiger partial charge in [-0.1, -0.05) is 37.3 Å². The van der Waals surface area contributed by atoms with Gasteiger partial charge in [0.15, 0.2) is 0 Å². The van der Waals surface area contributed by atoms with Crippen LogP contribution in [0.25, 0.3) is 0 Å². The number of fused-ring (bicyclic) bond motifs is 1. The minimum absolute atomic E-state index is 0.217. The van der Waals surface area contributed by atoms with Gasteiger partial charge >= 0.3 is 5.97 Å². The van der Waals surface area contributed by atoms with Gasteiger partial charge in [0.1, 0.15) is 11.6 Å². The average Bonchev–Trinajstić information content (AvgIpc) is 3.42. The van der Waals surface area contributed by atoms with Crippen molar-refractivity contribution < 1.29 is 29.0 Å². The standard InChI is InChI=1S/C23H30N2O6/c1-3-15(13-26)25-19(20(27)24-12-14-8-6-5-7-9-14)23-11-10-16(31-23)17(18(23)21(25)28)22(29)30-4-2/h5-9,15-19,26H,3-4,10-13H2,1-2H3,(H,24,27)/t15-,16+,17-,18-,19+,23-/m0/s1. The monoisotopic (exact) mass is 430 g/mol. The summed E-state index contributed by atoms with van der Waals surface area (Å²) >= 11 is 0. The number of esters is 1. The van der Waals surface area contributed by atoms with Crippen LogP contribution in [-0.2, 0) is 30.4 Å². The molecule has 1 spiro atoms. The number of carbonyl (C=O) groups is 3. The maximum atomic E-state index is 13.6. The van der Waals surface area contributed by atoms with Crippen LogP contribution in [-0.4, -0.2) is 64.8 Å². The van der Waals surface area contributed by atoms with E-state index in [2.05, 4.69) is 5.32 Å². The fourth-order valence-corrected chi connectivity index (χ4v) is 5.59. The number of carbonyl (C=O) groups excluding carboxylic acids is 3. The van der Waals surface area contributed by atoms with Crippen LogP contribution in [0.5, 0.6) is 0 Å². The van der Waals surface area contributed by atoms with Crippen LogP contribution in [0.3, 0.4) is 0 Å². The summed E-state index contributed by atoms with van der Waals surface area (Å²) in [6.45, 7) is 3.86. The molecule has 8 nitrogen and oxygen atoms in total. The summed E-state index contributed by atoms with van der Waals surface area (Å²) < 4.78 is 11.5. The van der Waals surface area contributed by atoms with Gasteiger partial charge in [-0.2, -0.15) is 0 Å². The molecular formula is C23H30N2O6. The van der Waals surface area contributed by atoms with Crippen LogP contribution in [0.1, 0.15) is 38.7 Å². The third-order valence-electron chi connectivity index (χ3n) is 6.93. The van der Waals surface area contributed by atoms with E-state index in [0.29, 0.717) is 25.8 Å². The predicted octanol–water partition coefficient (Wildman–Crippen LogP) is 1.01. The number of nitrogens with one attached hydrogen (secondary N) is 1. The maximum Gasteiger partial charge on any atom is 0.312 e. The third kappa shape index (κ3) is 3.42. The largest absolute Gasteiger partial charge is 0.466 e. The fraction of sp³-hybridized carbons (Fsp3) is 0.609. The molecule has 2 amide bonds. The Kier molecular flexibility index (Phi) is 6.03. The zero-order chi connectivity index (χ0) is 22.2. The molecular weight excluding hydrogens is 400 g/mol. The van der Waals surface area contributed by atoms with Gasteiger partial charge in [0.05, 0.1) is 37.2 Å². The summed E-state index contributed by atoms with van der Waals surface area (Å²) in [6, 6.07) is 8.10. The number of rotatable bonds is 8. The van der Waals surface area contributed by atoms with E-state index in [-0.39, 0.29) is 25.0 Å². The molecule has 1 aromatic rings. The highest BCUT2D eigenvalue weighted by Gasteiger charge is 2.75. The summed E-state index contributed by atoms with van der Waals surface area (Å²) in [5, 5.41) is 12.9. The number of hydrogen-bond acceptors (Lipinski definition) is 6. The zero-order valence-electron chi connectivity index (χ0n) is 18.0. The van der Waals surface area contributed by atoms with Crippen molar-refractivity contribution in [3.05, 3.63) is 35.9 Å². The summed E-state index contributed by atoms with van der Waals surface area (Å²) in [5.74, 6) is -2.56. The molecule has 4 rings (SSSR count). The van der Waals surface area contributed by atoms with Gasteiger partial charge in [-0.15, -0.1) is 0 Å². The molecule has 168 valence electrons. The average molecular weight is 431 g/mol. The van der Waals surface area contributed by atoms with Gasteiger partial charge in [-0.3, -0.25) is 14.4 Å². The highest BCUT2D eigenvalue weighted by Crippen LogP contribution is 2.59. The Labute approximate surface area is 181 Å². The van der Waals surface area contributed by atoms with Gasteiger partial charge in [0, 0.05) is 6.54 Å². The topological polar surface area (TPSA) is 105 Å². The quantitative estimate of drug-likeness (QED) is 0.597. The number of likely N-dealkylation sites (tertiary alicyclic amines) is 1. The molecule has 3 saturated heterocycles. The van der Waals surface area contributed by atoms with Crippen molar-refractivity contribution in [2.24, 2.45) is 11.8 Å². The molecule has 3 aliphatic rings. The van der Waals surface area contributed by atoms with E-state index < -0.39 is 41.6 Å². The second-order valence-electron chi connectivity index (χ2n) is 8.50. The first-order valence-electron chi connectivity index (χ1n) is 11.1. The first-order chi connectivity index (χ1) is 15.0. The first-order valence-corrected chi connectivity index (χ1v) is 11.1. The predicted molar refractivity (Wildman–Crippen MR) is 111 cm³/mol. The minimum atomic E-state index is -1.07. The molecule has 6 atom stereocenters. The Hall–Kier alpha value is -2.45. The van der Waals surface area contributed by atoms with E-state index in [1.165, 1.54) is 4.90 Å². The molecule has 3 fully saturated rings. The lowest BCUT2D eigenvalue weighted by Gasteiger charge is -2.36. The number of nitrogens with zero attached hydrogens (tertiary/aromatic N) is 1. The van der Waals surface area contributed by atoms with E-state index in [0.717, 1.165) is 5.56 Å². The normalized spacial score (nSPS) is 32.1. The zero-order valence-corrected chi connectivity index (χ0v) is 18.0. The van der Waals surface area contributed by atoms with Crippen LogP contribution in [0.2, 0.25) is 0 Å². The number of hydrogen-bond donors (Lipinski definition) is 2. The molecule has 3 heterocycles. The van der Waals surface area contributed by atoms with Crippen molar-refractivity contribution >= 4 is 17.8 Å². The summed E-state index contributed by atoms with van der Waals surface area (Å²) in [6.07, 6.45) is 1.18. The van der Waals surface area contributed by atoms with Crippen molar-refractivity contribution in [3.63, 3.8) is 0 Å². The lowest BCUT2D eigenvalue weighted by Crippen LogP contribution is -2.57. The molecule has 0 aliphatic carbocycles. The Morgan fingerprint density at radius 1 is 1.32 bits per heavy atom. The number of amides is 2. The SMILES string of the molecule is CCOC(=O)[C@@H]1[C@H]2C(=O)N([C@@H](CC)CO)[C@H](C(=O)NCc3ccccc3)[C@]23CC[C@H]1O3. The molecule has 1 aromatic carbocycles. The van der Waals surface area contributed by atoms with Crippen molar-refractivity contribution in [1.29, 1.82) is 0 Å². The second-order valence-corrected chi connectivity index (χ2v) is 8.50. The van der Waals surface area contributed by atoms with Crippen molar-refractivity contribution in [2.75, 3.05) is 13.2 Å². The number of aliphatic hydroxyl groups is 1. The molecule has 0 saturated carbocycles. The van der Waals surface area contributed by atoms with E-state index in [1.54, 1.807) is 6.92 Å². The Morgan fingerprint density at radius 3 is 2.71 bits per heavy atom. The summed E-state index contributed by atoms with van der Waals surface area (Å²) in [7, 11) is 0.